The highest BCUT2D eigenvalue weighted by atomic mass is 31.2. The zero-order chi connectivity index (χ0) is 38.5. The second kappa shape index (κ2) is 35.5. The van der Waals surface area contributed by atoms with Crippen LogP contribution in [0.3, 0.4) is 0 Å². The molecule has 0 bridgehead atoms. The van der Waals surface area contributed by atoms with E-state index in [1.165, 1.54) is 44.9 Å². The molecule has 52 heavy (non-hydrogen) atoms. The number of carbonyl (C=O) groups excluding carboxylic acids is 2. The van der Waals surface area contributed by atoms with Crippen LogP contribution in [0.2, 0.25) is 0 Å². The first kappa shape index (κ1) is 49.4. The highest BCUT2D eigenvalue weighted by Crippen LogP contribution is 2.43. The molecule has 0 radical (unpaired) electrons. The van der Waals surface area contributed by atoms with Crippen molar-refractivity contribution in [2.24, 2.45) is 5.73 Å². The number of phosphoric ester groups is 1. The van der Waals surface area contributed by atoms with Gasteiger partial charge in [-0.3, -0.25) is 23.4 Å². The number of carboxylic acid groups (broad SMARTS) is 1. The molecule has 12 heteroatoms. The van der Waals surface area contributed by atoms with E-state index in [4.69, 9.17) is 24.8 Å². The molecule has 0 aromatic heterocycles. The number of hydrogen-bond acceptors (Lipinski definition) is 9. The van der Waals surface area contributed by atoms with Gasteiger partial charge < -0.3 is 25.2 Å². The van der Waals surface area contributed by atoms with Gasteiger partial charge in [-0.15, -0.1) is 0 Å². The molecule has 11 nitrogen and oxygen atoms in total. The third kappa shape index (κ3) is 34.5. The Bertz CT molecular complexity index is 1070. The molecule has 0 saturated carbocycles. The standard InChI is InChI=1S/C40H70NO10P/c1-3-5-7-9-11-13-15-16-17-18-19-20-22-23-25-27-29-31-38(42)48-33-36(34-49-52(46,47)50-35-37(41)40(44)45)51-39(43)32-30-28-26-24-21-14-12-10-8-6-4-2/h5,7,11,13,16-17,19-20,36-37H,3-4,6,8-10,12,14-15,18,21-35,41H2,1-2H3,(H,44,45)(H,46,47)/b7-5-,13-11-,17-16-,20-19-/t36-,37+/m1/s1. The molecule has 300 valence electrons. The van der Waals surface area contributed by atoms with Crippen LogP contribution in [-0.2, 0) is 37.5 Å². The van der Waals surface area contributed by atoms with Gasteiger partial charge in [0.1, 0.15) is 12.6 Å². The summed E-state index contributed by atoms with van der Waals surface area (Å²) in [5.74, 6) is -2.41. The summed E-state index contributed by atoms with van der Waals surface area (Å²) in [6, 6.07) is -1.52. The highest BCUT2D eigenvalue weighted by Gasteiger charge is 2.28. The summed E-state index contributed by atoms with van der Waals surface area (Å²) in [4.78, 5) is 45.8. The van der Waals surface area contributed by atoms with E-state index in [0.29, 0.717) is 12.8 Å². The van der Waals surface area contributed by atoms with Gasteiger partial charge in [-0.2, -0.15) is 0 Å². The quantitative estimate of drug-likeness (QED) is 0.0241. The Morgan fingerprint density at radius 3 is 1.62 bits per heavy atom. The molecule has 0 aromatic rings. The minimum Gasteiger partial charge on any atom is -0.480 e. The monoisotopic (exact) mass is 755 g/mol. The molecule has 4 N–H and O–H groups in total. The number of rotatable bonds is 36. The van der Waals surface area contributed by atoms with Crippen molar-refractivity contribution in [2.75, 3.05) is 19.8 Å². The lowest BCUT2D eigenvalue weighted by Crippen LogP contribution is -2.34. The zero-order valence-corrected chi connectivity index (χ0v) is 33.0. The number of phosphoric acid groups is 1. The minimum absolute atomic E-state index is 0.156. The first-order valence-electron chi connectivity index (χ1n) is 19.7. The fourth-order valence-electron chi connectivity index (χ4n) is 5.00. The number of carbonyl (C=O) groups is 3. The number of ether oxygens (including phenoxy) is 2. The summed E-state index contributed by atoms with van der Waals surface area (Å²) < 4.78 is 32.5. The Morgan fingerprint density at radius 2 is 1.08 bits per heavy atom. The van der Waals surface area contributed by atoms with Crippen molar-refractivity contribution >= 4 is 25.7 Å². The maximum absolute atomic E-state index is 12.5. The van der Waals surface area contributed by atoms with Crippen LogP contribution in [0.4, 0.5) is 0 Å². The van der Waals surface area contributed by atoms with Crippen molar-refractivity contribution in [1.82, 2.24) is 0 Å². The molecular weight excluding hydrogens is 685 g/mol. The van der Waals surface area contributed by atoms with E-state index in [0.717, 1.165) is 70.6 Å². The largest absolute Gasteiger partial charge is 0.480 e. The van der Waals surface area contributed by atoms with Gasteiger partial charge in [-0.05, 0) is 51.4 Å². The molecule has 0 saturated heterocycles. The van der Waals surface area contributed by atoms with Crippen LogP contribution < -0.4 is 5.73 Å². The van der Waals surface area contributed by atoms with E-state index in [-0.39, 0.29) is 19.4 Å². The Kier molecular flexibility index (Phi) is 33.7. The summed E-state index contributed by atoms with van der Waals surface area (Å²) in [6.45, 7) is 2.63. The Labute approximate surface area is 314 Å². The first-order chi connectivity index (χ1) is 25.1. The molecule has 0 amide bonds. The van der Waals surface area contributed by atoms with E-state index in [1.54, 1.807) is 0 Å². The van der Waals surface area contributed by atoms with Crippen LogP contribution in [0.5, 0.6) is 0 Å². The van der Waals surface area contributed by atoms with Gasteiger partial charge >= 0.3 is 25.7 Å². The van der Waals surface area contributed by atoms with Gasteiger partial charge in [0, 0.05) is 12.8 Å². The molecule has 1 unspecified atom stereocenters. The van der Waals surface area contributed by atoms with Gasteiger partial charge in [0.15, 0.2) is 6.10 Å². The second-order valence-corrected chi connectivity index (χ2v) is 14.5. The first-order valence-corrected chi connectivity index (χ1v) is 21.2. The van der Waals surface area contributed by atoms with Crippen LogP contribution in [0.25, 0.3) is 0 Å². The summed E-state index contributed by atoms with van der Waals surface area (Å²) in [5, 5.41) is 8.86. The minimum atomic E-state index is -4.71. The number of esters is 2. The molecule has 3 atom stereocenters. The average Bonchev–Trinajstić information content (AvgIpc) is 3.12. The van der Waals surface area contributed by atoms with Crippen molar-refractivity contribution < 1.29 is 47.5 Å². The van der Waals surface area contributed by atoms with Crippen molar-refractivity contribution in [1.29, 1.82) is 0 Å². The molecule has 0 aliphatic rings. The highest BCUT2D eigenvalue weighted by molar-refractivity contribution is 7.47. The van der Waals surface area contributed by atoms with E-state index in [2.05, 4.69) is 67.0 Å². The normalized spacial score (nSPS) is 14.4. The molecule has 0 fully saturated rings. The Hall–Kier alpha value is -2.56. The van der Waals surface area contributed by atoms with E-state index < -0.39 is 51.1 Å². The number of hydrogen-bond donors (Lipinski definition) is 3. The lowest BCUT2D eigenvalue weighted by atomic mass is 10.1. The number of allylic oxidation sites excluding steroid dienone is 8. The Balaban J connectivity index is 4.45. The predicted octanol–water partition coefficient (Wildman–Crippen LogP) is 9.83. The van der Waals surface area contributed by atoms with Crippen molar-refractivity contribution in [3.8, 4) is 0 Å². The third-order valence-corrected chi connectivity index (χ3v) is 9.04. The van der Waals surface area contributed by atoms with Gasteiger partial charge in [0.2, 0.25) is 0 Å². The number of aliphatic carboxylic acids is 1. The maximum atomic E-state index is 12.5. The molecule has 0 aliphatic carbocycles. The predicted molar refractivity (Wildman–Crippen MR) is 208 cm³/mol. The van der Waals surface area contributed by atoms with Gasteiger partial charge in [-0.1, -0.05) is 140 Å². The van der Waals surface area contributed by atoms with Crippen LogP contribution in [-0.4, -0.2) is 59.9 Å². The summed E-state index contributed by atoms with van der Waals surface area (Å²) in [6.07, 6.45) is 37.5. The van der Waals surface area contributed by atoms with Crippen LogP contribution in [0.15, 0.2) is 48.6 Å². The molecule has 0 heterocycles. The number of carboxylic acids is 1. The second-order valence-electron chi connectivity index (χ2n) is 13.0. The lowest BCUT2D eigenvalue weighted by Gasteiger charge is -2.20. The summed E-state index contributed by atoms with van der Waals surface area (Å²) in [5.41, 5.74) is 5.31. The van der Waals surface area contributed by atoms with Crippen LogP contribution in [0, 0.1) is 0 Å². The van der Waals surface area contributed by atoms with Crippen molar-refractivity contribution in [3.05, 3.63) is 48.6 Å². The number of unbranched alkanes of at least 4 members (excludes halogenated alkanes) is 14. The summed E-state index contributed by atoms with van der Waals surface area (Å²) in [7, 11) is -4.71. The van der Waals surface area contributed by atoms with Crippen LogP contribution in [0.1, 0.15) is 155 Å². The average molecular weight is 756 g/mol. The fourth-order valence-corrected chi connectivity index (χ4v) is 5.77. The summed E-state index contributed by atoms with van der Waals surface area (Å²) >= 11 is 0. The molecule has 0 aliphatic heterocycles. The SMILES string of the molecule is CC/C=C\C/C=C\C/C=C\C/C=C\CCCCCCC(=O)OC[C@H](COP(=O)(O)OC[C@H](N)C(=O)O)OC(=O)CCCCCCCCCCCCC. The fraction of sp³-hybridized carbons (Fsp3) is 0.725. The zero-order valence-electron chi connectivity index (χ0n) is 32.1. The molecule has 0 spiro atoms. The topological polar surface area (TPSA) is 172 Å². The molecule has 0 rings (SSSR count). The van der Waals surface area contributed by atoms with Crippen molar-refractivity contribution in [2.45, 2.75) is 167 Å². The van der Waals surface area contributed by atoms with E-state index >= 15 is 0 Å². The van der Waals surface area contributed by atoms with Crippen LogP contribution >= 0.6 is 7.82 Å². The molecule has 0 aromatic carbocycles. The van der Waals surface area contributed by atoms with Crippen molar-refractivity contribution in [3.63, 3.8) is 0 Å². The smallest absolute Gasteiger partial charge is 0.472 e. The van der Waals surface area contributed by atoms with Gasteiger partial charge in [0.25, 0.3) is 0 Å². The van der Waals surface area contributed by atoms with Gasteiger partial charge in [0.05, 0.1) is 13.2 Å². The van der Waals surface area contributed by atoms with Gasteiger partial charge in [-0.25, -0.2) is 4.57 Å². The third-order valence-electron chi connectivity index (χ3n) is 8.09. The Morgan fingerprint density at radius 1 is 0.615 bits per heavy atom. The molecular formula is C40H70NO10P. The number of nitrogens with two attached hydrogens (primary N) is 1. The maximum Gasteiger partial charge on any atom is 0.472 e. The lowest BCUT2D eigenvalue weighted by molar-refractivity contribution is -0.161. The van der Waals surface area contributed by atoms with E-state index in [1.807, 2.05) is 0 Å². The van der Waals surface area contributed by atoms with E-state index in [9.17, 15) is 23.8 Å².